The second-order valence-corrected chi connectivity index (χ2v) is 9.75. The van der Waals surface area contributed by atoms with Gasteiger partial charge in [0.05, 0.1) is 11.6 Å². The summed E-state index contributed by atoms with van der Waals surface area (Å²) in [6, 6.07) is 5.91. The number of likely N-dealkylation sites (N-methyl/N-ethyl adjacent to an activating group) is 1. The second-order valence-electron chi connectivity index (χ2n) is 8.54. The Bertz CT molecular complexity index is 730. The number of carbonyl (C=O) groups is 1. The molecule has 2 fully saturated rings. The molecule has 1 amide bonds. The smallest absolute Gasteiger partial charge is 0.444 e. The predicted molar refractivity (Wildman–Crippen MR) is 105 cm³/mol. The van der Waals surface area contributed by atoms with Gasteiger partial charge in [-0.2, -0.15) is 0 Å². The summed E-state index contributed by atoms with van der Waals surface area (Å²) in [5.74, 6) is -0.238. The Morgan fingerprint density at radius 1 is 1.21 bits per heavy atom. The van der Waals surface area contributed by atoms with Crippen molar-refractivity contribution in [3.05, 3.63) is 24.3 Å². The van der Waals surface area contributed by atoms with Crippen LogP contribution in [0, 0.1) is 0 Å². The van der Waals surface area contributed by atoms with E-state index in [1.54, 1.807) is 12.1 Å². The fourth-order valence-electron chi connectivity index (χ4n) is 3.80. The van der Waals surface area contributed by atoms with Crippen molar-refractivity contribution in [3.63, 3.8) is 0 Å². The third-order valence-corrected chi connectivity index (χ3v) is 6.31. The van der Waals surface area contributed by atoms with Crippen molar-refractivity contribution in [1.29, 1.82) is 0 Å². The summed E-state index contributed by atoms with van der Waals surface area (Å²) in [6.45, 7) is 6.26. The first-order chi connectivity index (χ1) is 13.4. The van der Waals surface area contributed by atoms with Gasteiger partial charge in [0.1, 0.15) is 11.4 Å². The molecule has 0 aromatic heterocycles. The lowest BCUT2D eigenvalue weighted by Crippen LogP contribution is -2.50. The highest BCUT2D eigenvalue weighted by Crippen LogP contribution is 2.52. The fourth-order valence-corrected chi connectivity index (χ4v) is 4.86. The molecule has 1 saturated heterocycles. The van der Waals surface area contributed by atoms with Gasteiger partial charge in [-0.15, -0.1) is 13.2 Å². The van der Waals surface area contributed by atoms with Crippen molar-refractivity contribution in [2.75, 3.05) is 13.6 Å². The Hall–Kier alpha value is -1.61. The largest absolute Gasteiger partial charge is 0.573 e. The Morgan fingerprint density at radius 2 is 1.83 bits per heavy atom. The van der Waals surface area contributed by atoms with Crippen LogP contribution >= 0.6 is 11.9 Å². The van der Waals surface area contributed by atoms with E-state index in [4.69, 9.17) is 4.74 Å². The number of ether oxygens (including phenoxy) is 2. The number of carbonyl (C=O) groups excluding carboxylic acids is 1. The van der Waals surface area contributed by atoms with E-state index in [0.717, 1.165) is 30.6 Å². The van der Waals surface area contributed by atoms with Gasteiger partial charge in [-0.05, 0) is 89.7 Å². The van der Waals surface area contributed by atoms with Gasteiger partial charge in [-0.1, -0.05) is 0 Å². The summed E-state index contributed by atoms with van der Waals surface area (Å²) in [4.78, 5) is 15.3. The molecule has 1 heterocycles. The molecule has 0 spiro atoms. The molecule has 29 heavy (non-hydrogen) atoms. The molecule has 2 aliphatic rings. The summed E-state index contributed by atoms with van der Waals surface area (Å²) < 4.78 is 48.6. The Morgan fingerprint density at radius 3 is 2.34 bits per heavy atom. The zero-order valence-electron chi connectivity index (χ0n) is 17.1. The van der Waals surface area contributed by atoms with Crippen LogP contribution in [0.25, 0.3) is 0 Å². The molecule has 0 N–H and O–H groups in total. The lowest BCUT2D eigenvalue weighted by Gasteiger charge is -2.37. The summed E-state index contributed by atoms with van der Waals surface area (Å²) in [5, 5.41) is 0. The molecule has 1 aliphatic carbocycles. The van der Waals surface area contributed by atoms with Gasteiger partial charge >= 0.3 is 12.5 Å². The lowest BCUT2D eigenvalue weighted by atomic mass is 10.0. The molecule has 1 aromatic carbocycles. The minimum atomic E-state index is -4.70. The Labute approximate surface area is 173 Å². The SMILES string of the molecule is CN(Sc1ccc(OC(F)(F)F)cc1)C1(C2CCCN2C(=O)OC(C)(C)C)CC1. The van der Waals surface area contributed by atoms with E-state index in [2.05, 4.69) is 9.04 Å². The molecule has 1 unspecified atom stereocenters. The standard InChI is InChI=1S/C20H27F3N2O3S/c1-18(2,3)28-17(26)25-13-5-6-16(25)19(11-12-19)24(4)29-15-9-7-14(8-10-15)27-20(21,22)23/h7-10,16H,5-6,11-13H2,1-4H3. The van der Waals surface area contributed by atoms with Crippen LogP contribution in [0.1, 0.15) is 46.5 Å². The summed E-state index contributed by atoms with van der Waals surface area (Å²) in [7, 11) is 1.98. The normalized spacial score (nSPS) is 21.4. The van der Waals surface area contributed by atoms with Gasteiger partial charge in [-0.3, -0.25) is 0 Å². The zero-order valence-corrected chi connectivity index (χ0v) is 17.9. The Kier molecular flexibility index (Phi) is 6.02. The minimum absolute atomic E-state index is 0.0719. The van der Waals surface area contributed by atoms with E-state index in [1.165, 1.54) is 24.1 Å². The van der Waals surface area contributed by atoms with Crippen LogP contribution in [0.15, 0.2) is 29.2 Å². The number of rotatable bonds is 5. The van der Waals surface area contributed by atoms with E-state index < -0.39 is 12.0 Å². The monoisotopic (exact) mass is 432 g/mol. The van der Waals surface area contributed by atoms with Crippen molar-refractivity contribution in [1.82, 2.24) is 9.21 Å². The highest BCUT2D eigenvalue weighted by Gasteiger charge is 2.57. The zero-order chi connectivity index (χ0) is 21.4. The molecular formula is C20H27F3N2O3S. The average Bonchev–Trinajstić information content (AvgIpc) is 3.23. The molecule has 5 nitrogen and oxygen atoms in total. The van der Waals surface area contributed by atoms with Crippen LogP contribution in [0.5, 0.6) is 5.75 Å². The van der Waals surface area contributed by atoms with E-state index >= 15 is 0 Å². The number of halogens is 3. The van der Waals surface area contributed by atoms with E-state index in [9.17, 15) is 18.0 Å². The summed E-state index contributed by atoms with van der Waals surface area (Å²) in [6.07, 6.45) is -1.18. The van der Waals surface area contributed by atoms with Crippen molar-refractivity contribution in [3.8, 4) is 5.75 Å². The molecule has 1 saturated carbocycles. The lowest BCUT2D eigenvalue weighted by molar-refractivity contribution is -0.274. The summed E-state index contributed by atoms with van der Waals surface area (Å²) in [5.41, 5.74) is -0.680. The van der Waals surface area contributed by atoms with Gasteiger partial charge in [0.15, 0.2) is 0 Å². The third-order valence-electron chi connectivity index (χ3n) is 5.19. The number of amides is 1. The molecule has 1 aliphatic heterocycles. The Balaban J connectivity index is 1.65. The fraction of sp³-hybridized carbons (Fsp3) is 0.650. The second kappa shape index (κ2) is 7.91. The van der Waals surface area contributed by atoms with Crippen molar-refractivity contribution in [2.45, 2.75) is 74.9 Å². The molecule has 1 aromatic rings. The van der Waals surface area contributed by atoms with Gasteiger partial charge in [0.2, 0.25) is 0 Å². The maximum Gasteiger partial charge on any atom is 0.573 e. The first-order valence-corrected chi connectivity index (χ1v) is 10.4. The van der Waals surface area contributed by atoms with Gasteiger partial charge in [0, 0.05) is 11.4 Å². The minimum Gasteiger partial charge on any atom is -0.444 e. The first kappa shape index (κ1) is 22.1. The van der Waals surface area contributed by atoms with Gasteiger partial charge < -0.3 is 14.4 Å². The first-order valence-electron chi connectivity index (χ1n) is 9.67. The molecule has 9 heteroatoms. The van der Waals surface area contributed by atoms with Crippen LogP contribution in [0.2, 0.25) is 0 Å². The maximum absolute atomic E-state index is 12.7. The molecule has 3 rings (SSSR count). The number of hydrogen-bond acceptors (Lipinski definition) is 5. The van der Waals surface area contributed by atoms with Crippen LogP contribution in [0.4, 0.5) is 18.0 Å². The van der Waals surface area contributed by atoms with Crippen molar-refractivity contribution in [2.24, 2.45) is 0 Å². The van der Waals surface area contributed by atoms with Crippen LogP contribution in [-0.4, -0.2) is 52.4 Å². The molecule has 0 bridgehead atoms. The predicted octanol–water partition coefficient (Wildman–Crippen LogP) is 5.46. The van der Waals surface area contributed by atoms with Crippen LogP contribution in [0.3, 0.4) is 0 Å². The molecule has 0 radical (unpaired) electrons. The van der Waals surface area contributed by atoms with E-state index in [-0.39, 0.29) is 23.4 Å². The highest BCUT2D eigenvalue weighted by molar-refractivity contribution is 7.97. The molecular weight excluding hydrogens is 405 g/mol. The number of benzene rings is 1. The maximum atomic E-state index is 12.7. The van der Waals surface area contributed by atoms with Gasteiger partial charge in [-0.25, -0.2) is 9.10 Å². The number of nitrogens with zero attached hydrogens (tertiary/aromatic N) is 2. The molecule has 1 atom stereocenters. The third kappa shape index (κ3) is 5.51. The topological polar surface area (TPSA) is 42.0 Å². The average molecular weight is 433 g/mol. The highest BCUT2D eigenvalue weighted by atomic mass is 32.2. The quantitative estimate of drug-likeness (QED) is 0.579. The van der Waals surface area contributed by atoms with Crippen LogP contribution in [-0.2, 0) is 4.74 Å². The van der Waals surface area contributed by atoms with Gasteiger partial charge in [0.25, 0.3) is 0 Å². The summed E-state index contributed by atoms with van der Waals surface area (Å²) >= 11 is 1.47. The number of likely N-dealkylation sites (tertiary alicyclic amines) is 1. The van der Waals surface area contributed by atoms with E-state index in [1.807, 2.05) is 32.7 Å². The number of hydrogen-bond donors (Lipinski definition) is 0. The van der Waals surface area contributed by atoms with Crippen LogP contribution < -0.4 is 4.74 Å². The van der Waals surface area contributed by atoms with Crippen molar-refractivity contribution < 1.29 is 27.4 Å². The molecule has 162 valence electrons. The van der Waals surface area contributed by atoms with E-state index in [0.29, 0.717) is 6.54 Å². The van der Waals surface area contributed by atoms with Crippen molar-refractivity contribution >= 4 is 18.0 Å². The number of alkyl halides is 3.